The lowest BCUT2D eigenvalue weighted by atomic mass is 10.1. The van der Waals surface area contributed by atoms with Gasteiger partial charge in [0.1, 0.15) is 11.9 Å². The molecule has 0 bridgehead atoms. The van der Waals surface area contributed by atoms with Gasteiger partial charge in [-0.2, -0.15) is 0 Å². The number of methoxy groups -OCH3 is 1. The van der Waals surface area contributed by atoms with Crippen molar-refractivity contribution in [2.75, 3.05) is 7.11 Å². The third-order valence-electron chi connectivity index (χ3n) is 3.23. The highest BCUT2D eigenvalue weighted by Crippen LogP contribution is 2.31. The number of carbonyl (C=O) groups is 1. The molecule has 0 fully saturated rings. The van der Waals surface area contributed by atoms with Gasteiger partial charge in [-0.05, 0) is 76.6 Å². The summed E-state index contributed by atoms with van der Waals surface area (Å²) in [7, 11) is -4.01. The highest BCUT2D eigenvalue weighted by molar-refractivity contribution is 6.71. The zero-order chi connectivity index (χ0) is 21.0. The smallest absolute Gasteiger partial charge is 0.321 e. The second-order valence-corrected chi connectivity index (χ2v) is 23.0. The minimum atomic E-state index is -1.98. The van der Waals surface area contributed by atoms with Gasteiger partial charge in [-0.15, -0.1) is 0 Å². The van der Waals surface area contributed by atoms with Crippen LogP contribution in [0, 0.1) is 0 Å². The van der Waals surface area contributed by atoms with E-state index in [4.69, 9.17) is 18.0 Å². The predicted molar refractivity (Wildman–Crippen MR) is 118 cm³/mol. The quantitative estimate of drug-likeness (QED) is 0.515. The molecule has 1 atom stereocenters. The van der Waals surface area contributed by atoms with Crippen LogP contribution in [0.3, 0.4) is 0 Å². The zero-order valence-electron chi connectivity index (χ0n) is 18.6. The van der Waals surface area contributed by atoms with Gasteiger partial charge in [-0.1, -0.05) is 6.07 Å². The van der Waals surface area contributed by atoms with Crippen LogP contribution in [0.15, 0.2) is 18.2 Å². The van der Waals surface area contributed by atoms with Crippen molar-refractivity contribution in [1.29, 1.82) is 0 Å². The topological polar surface area (TPSA) is 54.0 Å². The molecule has 0 radical (unpaired) electrons. The standard InChI is InChI=1S/C19H36O5Si3/c1-21-17-13-15(11-12-16(17)22-25(2,3)4)14-18(23-26(5,6)7)19(20)24-27(8,9)10/h11-13,18H,14H2,1-10H3. The molecule has 5 nitrogen and oxygen atoms in total. The molecule has 1 rings (SSSR count). The summed E-state index contributed by atoms with van der Waals surface area (Å²) in [6, 6.07) is 5.82. The SMILES string of the molecule is COc1cc(CC(O[Si](C)(C)C)C(=O)O[Si](C)(C)C)ccc1O[Si](C)(C)C. The van der Waals surface area contributed by atoms with Gasteiger partial charge in [0.05, 0.1) is 7.11 Å². The van der Waals surface area contributed by atoms with Gasteiger partial charge in [0.15, 0.2) is 14.1 Å². The van der Waals surface area contributed by atoms with Gasteiger partial charge >= 0.3 is 5.97 Å². The van der Waals surface area contributed by atoms with E-state index in [1.165, 1.54) is 0 Å². The van der Waals surface area contributed by atoms with Crippen LogP contribution in [-0.2, 0) is 20.1 Å². The lowest BCUT2D eigenvalue weighted by Crippen LogP contribution is -2.42. The fraction of sp³-hybridized carbons (Fsp3) is 0.632. The summed E-state index contributed by atoms with van der Waals surface area (Å²) in [5.41, 5.74) is 0.963. The van der Waals surface area contributed by atoms with Crippen molar-refractivity contribution in [3.05, 3.63) is 23.8 Å². The summed E-state index contributed by atoms with van der Waals surface area (Å²) in [6.07, 6.45) is -0.145. The van der Waals surface area contributed by atoms with Crippen molar-refractivity contribution >= 4 is 30.9 Å². The van der Waals surface area contributed by atoms with Gasteiger partial charge in [-0.3, -0.25) is 4.79 Å². The largest absolute Gasteiger partial charge is 0.542 e. The van der Waals surface area contributed by atoms with Crippen LogP contribution >= 0.6 is 0 Å². The molecule has 27 heavy (non-hydrogen) atoms. The normalized spacial score (nSPS) is 13.9. The van der Waals surface area contributed by atoms with Gasteiger partial charge in [0, 0.05) is 6.42 Å². The fourth-order valence-corrected chi connectivity index (χ4v) is 5.03. The minimum absolute atomic E-state index is 0.266. The van der Waals surface area contributed by atoms with Crippen LogP contribution in [0.4, 0.5) is 0 Å². The van der Waals surface area contributed by atoms with E-state index >= 15 is 0 Å². The van der Waals surface area contributed by atoms with E-state index < -0.39 is 31.1 Å². The highest BCUT2D eigenvalue weighted by atomic mass is 28.4. The van der Waals surface area contributed by atoms with Crippen LogP contribution in [0.5, 0.6) is 11.5 Å². The van der Waals surface area contributed by atoms with Crippen molar-refractivity contribution < 1.29 is 22.8 Å². The molecular weight excluding hydrogens is 392 g/mol. The van der Waals surface area contributed by atoms with E-state index in [-0.39, 0.29) is 5.97 Å². The maximum atomic E-state index is 12.7. The molecule has 0 spiro atoms. The van der Waals surface area contributed by atoms with Crippen LogP contribution < -0.4 is 9.16 Å². The molecular formula is C19H36O5Si3. The first kappa shape index (κ1) is 23.9. The molecule has 0 aliphatic rings. The van der Waals surface area contributed by atoms with Gasteiger partial charge < -0.3 is 18.0 Å². The lowest BCUT2D eigenvalue weighted by molar-refractivity contribution is -0.143. The summed E-state index contributed by atoms with van der Waals surface area (Å²) < 4.78 is 23.5. The van der Waals surface area contributed by atoms with Crippen molar-refractivity contribution in [3.63, 3.8) is 0 Å². The van der Waals surface area contributed by atoms with Crippen molar-refractivity contribution in [1.82, 2.24) is 0 Å². The second kappa shape index (κ2) is 8.93. The van der Waals surface area contributed by atoms with E-state index in [1.54, 1.807) is 7.11 Å². The van der Waals surface area contributed by atoms with Gasteiger partial charge in [0.25, 0.3) is 0 Å². The number of hydrogen-bond acceptors (Lipinski definition) is 5. The van der Waals surface area contributed by atoms with E-state index in [9.17, 15) is 4.79 Å². The first-order valence-corrected chi connectivity index (χ1v) is 19.6. The molecule has 1 unspecified atom stereocenters. The monoisotopic (exact) mass is 428 g/mol. The van der Waals surface area contributed by atoms with E-state index in [0.717, 1.165) is 11.3 Å². The summed E-state index contributed by atoms with van der Waals surface area (Å²) in [4.78, 5) is 12.7. The molecule has 0 aliphatic carbocycles. The molecule has 0 N–H and O–H groups in total. The Morgan fingerprint density at radius 1 is 0.889 bits per heavy atom. The summed E-state index contributed by atoms with van der Waals surface area (Å²) in [5.74, 6) is 1.16. The molecule has 154 valence electrons. The molecule has 8 heteroatoms. The lowest BCUT2D eigenvalue weighted by Gasteiger charge is -2.28. The fourth-order valence-electron chi connectivity index (χ4n) is 2.43. The minimum Gasteiger partial charge on any atom is -0.542 e. The van der Waals surface area contributed by atoms with Crippen molar-refractivity contribution in [2.24, 2.45) is 0 Å². The maximum absolute atomic E-state index is 12.7. The van der Waals surface area contributed by atoms with E-state index in [1.807, 2.05) is 37.8 Å². The third kappa shape index (κ3) is 9.59. The number of rotatable bonds is 9. The molecule has 0 saturated carbocycles. The first-order valence-electron chi connectivity index (χ1n) is 9.36. The molecule has 1 aromatic rings. The molecule has 0 amide bonds. The average molecular weight is 429 g/mol. The number of hydrogen-bond donors (Lipinski definition) is 0. The Morgan fingerprint density at radius 2 is 1.48 bits per heavy atom. The Bertz CT molecular complexity index is 642. The maximum Gasteiger partial charge on any atom is 0.321 e. The Kier molecular flexibility index (Phi) is 7.92. The average Bonchev–Trinajstić information content (AvgIpc) is 2.43. The van der Waals surface area contributed by atoms with Crippen molar-refractivity contribution in [3.8, 4) is 11.5 Å². The van der Waals surface area contributed by atoms with Gasteiger partial charge in [0.2, 0.25) is 16.6 Å². The summed E-state index contributed by atoms with van der Waals surface area (Å²) in [5, 5.41) is 0. The Hall–Kier alpha value is -1.10. The highest BCUT2D eigenvalue weighted by Gasteiger charge is 2.31. The predicted octanol–water partition coefficient (Wildman–Crippen LogP) is 5.05. The molecule has 0 aromatic heterocycles. The molecule has 1 aromatic carbocycles. The Morgan fingerprint density at radius 3 is 1.93 bits per heavy atom. The summed E-state index contributed by atoms with van der Waals surface area (Å²) >= 11 is 0. The van der Waals surface area contributed by atoms with Crippen LogP contribution in [0.25, 0.3) is 0 Å². The molecule has 0 heterocycles. The second-order valence-electron chi connectivity index (χ2n) is 9.66. The van der Waals surface area contributed by atoms with Crippen LogP contribution in [-0.4, -0.2) is 44.1 Å². The van der Waals surface area contributed by atoms with Gasteiger partial charge in [-0.25, -0.2) is 0 Å². The summed E-state index contributed by atoms with van der Waals surface area (Å²) in [6.45, 7) is 18.6. The number of benzene rings is 1. The number of carbonyl (C=O) groups excluding carboxylic acids is 1. The zero-order valence-corrected chi connectivity index (χ0v) is 21.6. The Labute approximate surface area is 167 Å². The van der Waals surface area contributed by atoms with E-state index in [0.29, 0.717) is 12.2 Å². The number of ether oxygens (including phenoxy) is 1. The first-order chi connectivity index (χ1) is 12.1. The molecule has 0 saturated heterocycles. The van der Waals surface area contributed by atoms with Crippen LogP contribution in [0.1, 0.15) is 5.56 Å². The van der Waals surface area contributed by atoms with Crippen molar-refractivity contribution in [2.45, 2.75) is 71.4 Å². The third-order valence-corrected chi connectivity index (χ3v) is 5.87. The van der Waals surface area contributed by atoms with E-state index in [2.05, 4.69) is 39.3 Å². The molecule has 0 aliphatic heterocycles. The van der Waals surface area contributed by atoms with Crippen LogP contribution in [0.2, 0.25) is 58.9 Å². The Balaban J connectivity index is 3.08.